The third-order valence-corrected chi connectivity index (χ3v) is 5.36. The molecule has 0 saturated heterocycles. The van der Waals surface area contributed by atoms with Crippen LogP contribution in [0.3, 0.4) is 0 Å². The Bertz CT molecular complexity index is 883. The van der Waals surface area contributed by atoms with Gasteiger partial charge in [-0.05, 0) is 56.5 Å². The molecule has 5 N–H and O–H groups in total. The standard InChI is InChI=1S/C21H27N5O4/c22-10-3-9-18(20(28)24-17-8-2-7-16(17)21(29)30)25-19(27)14-5-1-6-15(13-14)26-12-4-11-23-26/h1,4-6,11-13,16-18H,2-3,7-10,22H2,(H,24,28)(H,25,27)(H,29,30). The van der Waals surface area contributed by atoms with E-state index in [0.717, 1.165) is 12.1 Å². The van der Waals surface area contributed by atoms with E-state index in [9.17, 15) is 19.5 Å². The fourth-order valence-electron chi connectivity index (χ4n) is 3.76. The number of carboxylic acids is 1. The van der Waals surface area contributed by atoms with Gasteiger partial charge in [0.1, 0.15) is 6.04 Å². The van der Waals surface area contributed by atoms with Crippen molar-refractivity contribution in [1.82, 2.24) is 20.4 Å². The van der Waals surface area contributed by atoms with Crippen LogP contribution in [-0.2, 0) is 9.59 Å². The van der Waals surface area contributed by atoms with E-state index in [0.29, 0.717) is 37.8 Å². The molecule has 1 fully saturated rings. The van der Waals surface area contributed by atoms with Crippen molar-refractivity contribution in [3.05, 3.63) is 48.3 Å². The van der Waals surface area contributed by atoms with Gasteiger partial charge in [0.15, 0.2) is 0 Å². The zero-order valence-electron chi connectivity index (χ0n) is 16.7. The second-order valence-corrected chi connectivity index (χ2v) is 7.45. The van der Waals surface area contributed by atoms with Crippen LogP contribution in [0, 0.1) is 5.92 Å². The Hall–Kier alpha value is -3.20. The molecular weight excluding hydrogens is 386 g/mol. The molecular formula is C21H27N5O4. The van der Waals surface area contributed by atoms with Crippen LogP contribution in [0.25, 0.3) is 5.69 Å². The molecule has 1 saturated carbocycles. The molecule has 2 aromatic rings. The average Bonchev–Trinajstić information content (AvgIpc) is 3.43. The topological polar surface area (TPSA) is 139 Å². The first-order valence-electron chi connectivity index (χ1n) is 10.1. The van der Waals surface area contributed by atoms with Crippen molar-refractivity contribution in [3.8, 4) is 5.69 Å². The van der Waals surface area contributed by atoms with Crippen LogP contribution in [0.5, 0.6) is 0 Å². The van der Waals surface area contributed by atoms with Crippen LogP contribution < -0.4 is 16.4 Å². The lowest BCUT2D eigenvalue weighted by Gasteiger charge is -2.23. The smallest absolute Gasteiger partial charge is 0.308 e. The summed E-state index contributed by atoms with van der Waals surface area (Å²) in [6, 6.07) is 7.51. The molecule has 2 amide bonds. The summed E-state index contributed by atoms with van der Waals surface area (Å²) in [5, 5.41) is 19.1. The average molecular weight is 413 g/mol. The summed E-state index contributed by atoms with van der Waals surface area (Å²) in [6.07, 6.45) is 6.26. The highest BCUT2D eigenvalue weighted by atomic mass is 16.4. The Morgan fingerprint density at radius 1 is 1.27 bits per heavy atom. The number of hydrogen-bond donors (Lipinski definition) is 4. The number of amides is 2. The highest BCUT2D eigenvalue weighted by Crippen LogP contribution is 2.26. The monoisotopic (exact) mass is 413 g/mol. The number of hydrogen-bond acceptors (Lipinski definition) is 5. The minimum atomic E-state index is -0.907. The maximum atomic E-state index is 12.8. The first kappa shape index (κ1) is 21.5. The van der Waals surface area contributed by atoms with Gasteiger partial charge in [-0.3, -0.25) is 14.4 Å². The summed E-state index contributed by atoms with van der Waals surface area (Å²) in [4.78, 5) is 37.0. The maximum absolute atomic E-state index is 12.8. The van der Waals surface area contributed by atoms with Gasteiger partial charge in [-0.2, -0.15) is 5.10 Å². The van der Waals surface area contributed by atoms with E-state index >= 15 is 0 Å². The van der Waals surface area contributed by atoms with Crippen LogP contribution in [0.4, 0.5) is 0 Å². The van der Waals surface area contributed by atoms with E-state index < -0.39 is 24.0 Å². The van der Waals surface area contributed by atoms with E-state index in [4.69, 9.17) is 5.73 Å². The molecule has 3 atom stereocenters. The molecule has 0 bridgehead atoms. The van der Waals surface area contributed by atoms with Crippen LogP contribution in [-0.4, -0.2) is 51.3 Å². The lowest BCUT2D eigenvalue weighted by atomic mass is 10.0. The fourth-order valence-corrected chi connectivity index (χ4v) is 3.76. The lowest BCUT2D eigenvalue weighted by molar-refractivity contribution is -0.142. The van der Waals surface area contributed by atoms with E-state index in [1.54, 1.807) is 41.3 Å². The van der Waals surface area contributed by atoms with E-state index in [1.165, 1.54) is 0 Å². The SMILES string of the molecule is NCCCC(NC(=O)c1cccc(-n2cccn2)c1)C(=O)NC1CCCC1C(=O)O. The minimum Gasteiger partial charge on any atom is -0.481 e. The molecule has 3 rings (SSSR count). The van der Waals surface area contributed by atoms with Crippen molar-refractivity contribution in [2.24, 2.45) is 11.7 Å². The van der Waals surface area contributed by atoms with Crippen molar-refractivity contribution < 1.29 is 19.5 Å². The van der Waals surface area contributed by atoms with Crippen molar-refractivity contribution in [1.29, 1.82) is 0 Å². The molecule has 1 aliphatic carbocycles. The molecule has 1 heterocycles. The quantitative estimate of drug-likeness (QED) is 0.485. The molecule has 1 aromatic carbocycles. The van der Waals surface area contributed by atoms with Gasteiger partial charge in [-0.15, -0.1) is 0 Å². The number of nitrogens with two attached hydrogens (primary N) is 1. The van der Waals surface area contributed by atoms with Gasteiger partial charge in [-0.25, -0.2) is 4.68 Å². The Kier molecular flexibility index (Phi) is 7.18. The first-order valence-corrected chi connectivity index (χ1v) is 10.1. The zero-order chi connectivity index (χ0) is 21.5. The molecule has 0 spiro atoms. The van der Waals surface area contributed by atoms with Crippen LogP contribution in [0.15, 0.2) is 42.7 Å². The van der Waals surface area contributed by atoms with Crippen molar-refractivity contribution >= 4 is 17.8 Å². The Balaban J connectivity index is 1.69. The first-order chi connectivity index (χ1) is 14.5. The van der Waals surface area contributed by atoms with E-state index in [1.807, 2.05) is 6.07 Å². The van der Waals surface area contributed by atoms with Crippen molar-refractivity contribution in [2.45, 2.75) is 44.2 Å². The van der Waals surface area contributed by atoms with Gasteiger partial charge in [-0.1, -0.05) is 12.5 Å². The molecule has 0 aliphatic heterocycles. The Labute approximate surface area is 174 Å². The van der Waals surface area contributed by atoms with Crippen molar-refractivity contribution in [3.63, 3.8) is 0 Å². The molecule has 1 aromatic heterocycles. The van der Waals surface area contributed by atoms with Gasteiger partial charge in [0.05, 0.1) is 11.6 Å². The lowest BCUT2D eigenvalue weighted by Crippen LogP contribution is -2.51. The third-order valence-electron chi connectivity index (χ3n) is 5.36. The van der Waals surface area contributed by atoms with E-state index in [-0.39, 0.29) is 11.8 Å². The van der Waals surface area contributed by atoms with Crippen LogP contribution in [0.2, 0.25) is 0 Å². The summed E-state index contributed by atoms with van der Waals surface area (Å²) < 4.78 is 1.64. The summed E-state index contributed by atoms with van der Waals surface area (Å²) >= 11 is 0. The number of benzene rings is 1. The number of carbonyl (C=O) groups is 3. The molecule has 1 aliphatic rings. The van der Waals surface area contributed by atoms with Crippen molar-refractivity contribution in [2.75, 3.05) is 6.54 Å². The van der Waals surface area contributed by atoms with Gasteiger partial charge < -0.3 is 21.5 Å². The van der Waals surface area contributed by atoms with Gasteiger partial charge in [0.25, 0.3) is 5.91 Å². The highest BCUT2D eigenvalue weighted by molar-refractivity contribution is 5.98. The Morgan fingerprint density at radius 2 is 2.10 bits per heavy atom. The second-order valence-electron chi connectivity index (χ2n) is 7.45. The molecule has 160 valence electrons. The normalized spacial score (nSPS) is 19.2. The number of rotatable bonds is 9. The molecule has 9 heteroatoms. The Morgan fingerprint density at radius 3 is 2.80 bits per heavy atom. The van der Waals surface area contributed by atoms with Gasteiger partial charge in [0.2, 0.25) is 5.91 Å². The predicted molar refractivity (Wildman–Crippen MR) is 110 cm³/mol. The molecule has 9 nitrogen and oxygen atoms in total. The zero-order valence-corrected chi connectivity index (χ0v) is 16.7. The third kappa shape index (κ3) is 5.24. The number of nitrogens with one attached hydrogen (secondary N) is 2. The molecule has 30 heavy (non-hydrogen) atoms. The number of carbonyl (C=O) groups excluding carboxylic acids is 2. The minimum absolute atomic E-state index is 0.372. The molecule has 3 unspecified atom stereocenters. The fraction of sp³-hybridized carbons (Fsp3) is 0.429. The summed E-state index contributed by atoms with van der Waals surface area (Å²) in [6.45, 7) is 0.385. The summed E-state index contributed by atoms with van der Waals surface area (Å²) in [7, 11) is 0. The maximum Gasteiger partial charge on any atom is 0.308 e. The number of aromatic nitrogens is 2. The van der Waals surface area contributed by atoms with Crippen LogP contribution >= 0.6 is 0 Å². The highest BCUT2D eigenvalue weighted by Gasteiger charge is 2.35. The number of aliphatic carboxylic acids is 1. The number of carboxylic acid groups (broad SMARTS) is 1. The summed E-state index contributed by atoms with van der Waals surface area (Å²) in [5.41, 5.74) is 6.71. The predicted octanol–water partition coefficient (Wildman–Crippen LogP) is 1.08. The van der Waals surface area contributed by atoms with Gasteiger partial charge >= 0.3 is 5.97 Å². The second kappa shape index (κ2) is 10.0. The van der Waals surface area contributed by atoms with Crippen LogP contribution in [0.1, 0.15) is 42.5 Å². The largest absolute Gasteiger partial charge is 0.481 e. The molecule has 0 radical (unpaired) electrons. The summed E-state index contributed by atoms with van der Waals surface area (Å²) in [5.74, 6) is -2.26. The van der Waals surface area contributed by atoms with E-state index in [2.05, 4.69) is 15.7 Å². The van der Waals surface area contributed by atoms with Gasteiger partial charge in [0, 0.05) is 24.0 Å². The number of nitrogens with zero attached hydrogens (tertiary/aromatic N) is 2.